The first-order valence-electron chi connectivity index (χ1n) is 4.02. The molecule has 2 unspecified atom stereocenters. The van der Waals surface area contributed by atoms with Crippen LogP contribution in [0.3, 0.4) is 0 Å². The van der Waals surface area contributed by atoms with Gasteiger partial charge in [-0.25, -0.2) is 0 Å². The topological polar surface area (TPSA) is 34.1 Å². The zero-order valence-electron chi connectivity index (χ0n) is 8.36. The lowest BCUT2D eigenvalue weighted by Crippen LogP contribution is -2.22. The van der Waals surface area contributed by atoms with E-state index in [0.717, 1.165) is 12.6 Å². The molecule has 0 rings (SSSR count). The maximum Gasteiger partial charge on any atom is 0.140 e. The molecule has 0 aliphatic heterocycles. The molecule has 0 radical (unpaired) electrons. The van der Waals surface area contributed by atoms with Crippen LogP contribution in [0.4, 0.5) is 0 Å². The van der Waals surface area contributed by atoms with Gasteiger partial charge in [0, 0.05) is 0 Å². The molecule has 0 saturated carbocycles. The first-order chi connectivity index (χ1) is 6.45. The molecule has 0 heterocycles. The normalized spacial score (nSPS) is 18.7. The molecule has 2 nitrogen and oxygen atoms in total. The van der Waals surface area contributed by atoms with Crippen molar-refractivity contribution in [1.29, 1.82) is 0 Å². The third kappa shape index (κ3) is 3.72. The van der Waals surface area contributed by atoms with E-state index in [4.69, 9.17) is 0 Å². The first kappa shape index (κ1) is 13.5. The number of rotatable bonds is 7. The highest BCUT2D eigenvalue weighted by Gasteiger charge is 2.27. The smallest absolute Gasteiger partial charge is 0.140 e. The minimum atomic E-state index is -0.655. The van der Waals surface area contributed by atoms with E-state index in [-0.39, 0.29) is 0 Å². The first-order valence-corrected chi connectivity index (χ1v) is 6.17. The molecule has 0 fully saturated rings. The molecule has 0 bridgehead atoms. The molecule has 14 heavy (non-hydrogen) atoms. The van der Waals surface area contributed by atoms with Gasteiger partial charge in [-0.15, -0.1) is 13.2 Å². The number of hydrogen-bond acceptors (Lipinski definition) is 4. The van der Waals surface area contributed by atoms with Crippen LogP contribution < -0.4 is 0 Å². The van der Waals surface area contributed by atoms with Gasteiger partial charge >= 0.3 is 0 Å². The van der Waals surface area contributed by atoms with E-state index in [2.05, 4.69) is 13.2 Å². The van der Waals surface area contributed by atoms with Crippen molar-refractivity contribution in [2.75, 3.05) is 0 Å². The highest BCUT2D eigenvalue weighted by molar-refractivity contribution is 8.78. The van der Waals surface area contributed by atoms with Gasteiger partial charge in [-0.2, -0.15) is 0 Å². The lowest BCUT2D eigenvalue weighted by atomic mass is 10.2. The predicted molar refractivity (Wildman–Crippen MR) is 64.5 cm³/mol. The summed E-state index contributed by atoms with van der Waals surface area (Å²) in [5.74, 6) is 0. The van der Waals surface area contributed by atoms with Crippen molar-refractivity contribution in [3.8, 4) is 0 Å². The zero-order valence-corrected chi connectivity index (χ0v) is 9.99. The van der Waals surface area contributed by atoms with Crippen LogP contribution >= 0.6 is 21.6 Å². The van der Waals surface area contributed by atoms with Crippen molar-refractivity contribution >= 4 is 34.2 Å². The van der Waals surface area contributed by atoms with Gasteiger partial charge in [0.25, 0.3) is 0 Å². The molecule has 0 saturated heterocycles. The lowest BCUT2D eigenvalue weighted by Gasteiger charge is -2.22. The van der Waals surface area contributed by atoms with E-state index in [9.17, 15) is 9.59 Å². The van der Waals surface area contributed by atoms with Gasteiger partial charge in [0.05, 0.1) is 9.49 Å². The van der Waals surface area contributed by atoms with Crippen molar-refractivity contribution in [2.45, 2.75) is 23.3 Å². The monoisotopic (exact) mass is 230 g/mol. The maximum atomic E-state index is 10.7. The van der Waals surface area contributed by atoms with Gasteiger partial charge < -0.3 is 9.59 Å². The summed E-state index contributed by atoms with van der Waals surface area (Å²) in [6.45, 7) is 10.7. The van der Waals surface area contributed by atoms with Gasteiger partial charge in [0.15, 0.2) is 0 Å². The molecule has 0 amide bonds. The van der Waals surface area contributed by atoms with E-state index in [0.29, 0.717) is 0 Å². The molecule has 0 spiro atoms. The molecule has 4 heteroatoms. The number of aldehydes is 2. The summed E-state index contributed by atoms with van der Waals surface area (Å²) in [7, 11) is 2.62. The van der Waals surface area contributed by atoms with Gasteiger partial charge in [0.1, 0.15) is 12.6 Å². The summed E-state index contributed by atoms with van der Waals surface area (Å²) in [5, 5.41) is 0. The molecule has 0 aliphatic rings. The fourth-order valence-electron chi connectivity index (χ4n) is 0.383. The number of hydrogen-bond donors (Lipinski definition) is 0. The van der Waals surface area contributed by atoms with Crippen molar-refractivity contribution in [1.82, 2.24) is 0 Å². The van der Waals surface area contributed by atoms with Crippen LogP contribution in [0.1, 0.15) is 13.8 Å². The van der Waals surface area contributed by atoms with Crippen LogP contribution in [0.2, 0.25) is 0 Å². The quantitative estimate of drug-likeness (QED) is 0.382. The summed E-state index contributed by atoms with van der Waals surface area (Å²) in [6, 6.07) is 0. The van der Waals surface area contributed by atoms with Gasteiger partial charge in [-0.05, 0) is 13.8 Å². The summed E-state index contributed by atoms with van der Waals surface area (Å²) >= 11 is 0. The molecular formula is C10H14O2S2. The summed E-state index contributed by atoms with van der Waals surface area (Å²) in [5.41, 5.74) is 0. The Balaban J connectivity index is 4.42. The zero-order chi connectivity index (χ0) is 11.2. The van der Waals surface area contributed by atoms with Crippen molar-refractivity contribution in [3.05, 3.63) is 25.3 Å². The molecule has 0 N–H and O–H groups in total. The Hall–Kier alpha value is -0.480. The second-order valence-corrected chi connectivity index (χ2v) is 6.27. The van der Waals surface area contributed by atoms with E-state index in [1.165, 1.54) is 21.6 Å². The Morgan fingerprint density at radius 3 is 1.36 bits per heavy atom. The van der Waals surface area contributed by atoms with E-state index < -0.39 is 9.49 Å². The molecule has 0 aromatic carbocycles. The van der Waals surface area contributed by atoms with E-state index in [1.54, 1.807) is 26.0 Å². The lowest BCUT2D eigenvalue weighted by molar-refractivity contribution is -0.109. The second kappa shape index (κ2) is 5.41. The van der Waals surface area contributed by atoms with Crippen LogP contribution in [0.25, 0.3) is 0 Å². The second-order valence-electron chi connectivity index (χ2n) is 3.18. The number of carbonyl (C=O) groups excluding carboxylic acids is 2. The average molecular weight is 230 g/mol. The van der Waals surface area contributed by atoms with Crippen molar-refractivity contribution in [2.24, 2.45) is 0 Å². The van der Waals surface area contributed by atoms with Crippen LogP contribution in [0, 0.1) is 0 Å². The van der Waals surface area contributed by atoms with E-state index in [1.807, 2.05) is 0 Å². The fraction of sp³-hybridized carbons (Fsp3) is 0.400. The number of carbonyl (C=O) groups is 2. The van der Waals surface area contributed by atoms with Crippen LogP contribution in [-0.4, -0.2) is 22.1 Å². The highest BCUT2D eigenvalue weighted by atomic mass is 33.1. The summed E-state index contributed by atoms with van der Waals surface area (Å²) in [6.07, 6.45) is 4.75. The average Bonchev–Trinajstić information content (AvgIpc) is 2.25. The standard InChI is InChI=1S/C10H14O2S2/c1-5-9(3,7-11)13-14-10(4,6-2)8-12/h5-8H,1-2H2,3-4H3. The molecule has 2 atom stereocenters. The molecule has 0 aromatic heterocycles. The minimum Gasteiger partial charge on any atom is -0.301 e. The summed E-state index contributed by atoms with van der Waals surface area (Å²) < 4.78 is -1.31. The Morgan fingerprint density at radius 2 is 1.21 bits per heavy atom. The predicted octanol–water partition coefficient (Wildman–Crippen LogP) is 2.66. The largest absolute Gasteiger partial charge is 0.301 e. The molecule has 78 valence electrons. The van der Waals surface area contributed by atoms with Crippen molar-refractivity contribution < 1.29 is 9.59 Å². The third-order valence-electron chi connectivity index (χ3n) is 1.68. The minimum absolute atomic E-state index is 0.655. The summed E-state index contributed by atoms with van der Waals surface area (Å²) in [4.78, 5) is 21.5. The van der Waals surface area contributed by atoms with Crippen LogP contribution in [0.5, 0.6) is 0 Å². The Labute approximate surface area is 92.6 Å². The molecule has 0 aliphatic carbocycles. The molecular weight excluding hydrogens is 216 g/mol. The van der Waals surface area contributed by atoms with Crippen molar-refractivity contribution in [3.63, 3.8) is 0 Å². The third-order valence-corrected chi connectivity index (χ3v) is 5.41. The van der Waals surface area contributed by atoms with Crippen LogP contribution in [0.15, 0.2) is 25.3 Å². The highest BCUT2D eigenvalue weighted by Crippen LogP contribution is 2.43. The van der Waals surface area contributed by atoms with Gasteiger partial charge in [0.2, 0.25) is 0 Å². The van der Waals surface area contributed by atoms with Gasteiger partial charge in [-0.3, -0.25) is 0 Å². The Morgan fingerprint density at radius 1 is 0.929 bits per heavy atom. The Kier molecular flexibility index (Phi) is 5.23. The van der Waals surface area contributed by atoms with E-state index >= 15 is 0 Å². The molecule has 0 aromatic rings. The maximum absolute atomic E-state index is 10.7. The Bertz CT molecular complexity index is 207. The SMILES string of the molecule is C=CC(C)(C=O)SSC(C)(C=C)C=O. The van der Waals surface area contributed by atoms with Crippen LogP contribution in [-0.2, 0) is 9.59 Å². The fourth-order valence-corrected chi connectivity index (χ4v) is 2.68. The van der Waals surface area contributed by atoms with Gasteiger partial charge in [-0.1, -0.05) is 33.7 Å².